The van der Waals surface area contributed by atoms with Crippen molar-refractivity contribution in [1.82, 2.24) is 19.8 Å². The number of hydrogen-bond donors (Lipinski definition) is 1. The van der Waals surface area contributed by atoms with E-state index in [1.807, 2.05) is 58.5 Å². The Kier molecular flexibility index (Phi) is 4.90. The first kappa shape index (κ1) is 19.6. The molecule has 2 amide bonds. The summed E-state index contributed by atoms with van der Waals surface area (Å²) in [4.78, 5) is 22.2. The van der Waals surface area contributed by atoms with Gasteiger partial charge in [-0.2, -0.15) is 0 Å². The molecular formula is C24H27N5O2. The molecule has 3 aromatic rings. The van der Waals surface area contributed by atoms with Crippen LogP contribution in [0, 0.1) is 0 Å². The van der Waals surface area contributed by atoms with Crippen molar-refractivity contribution in [2.24, 2.45) is 0 Å². The number of benzene rings is 2. The number of hydrogen-bond acceptors (Lipinski definition) is 4. The highest BCUT2D eigenvalue weighted by atomic mass is 16.5. The van der Waals surface area contributed by atoms with Gasteiger partial charge >= 0.3 is 6.03 Å². The molecule has 0 radical (unpaired) electrons. The molecule has 5 rings (SSSR count). The van der Waals surface area contributed by atoms with Gasteiger partial charge in [-0.25, -0.2) is 9.78 Å². The van der Waals surface area contributed by atoms with Crippen molar-refractivity contribution >= 4 is 11.7 Å². The summed E-state index contributed by atoms with van der Waals surface area (Å²) in [5.74, 6) is 1.64. The van der Waals surface area contributed by atoms with Crippen molar-refractivity contribution in [2.45, 2.75) is 32.6 Å². The summed E-state index contributed by atoms with van der Waals surface area (Å²) >= 11 is 0. The molecule has 0 saturated carbocycles. The average molecular weight is 418 g/mol. The standard InChI is InChI=1S/C24H27N5O2/c1-16-13-27(14-17(2)26-16)24(30)29-15-28-22(20-6-4-5-7-21(20)29)12-25-23(28)18-8-10-19(31-3)11-9-18/h4-12,16-17,26H,13-15H2,1-3H3. The predicted octanol–water partition coefficient (Wildman–Crippen LogP) is 3.81. The number of para-hydroxylation sites is 1. The van der Waals surface area contributed by atoms with Gasteiger partial charge in [-0.1, -0.05) is 18.2 Å². The van der Waals surface area contributed by atoms with Crippen molar-refractivity contribution in [2.75, 3.05) is 25.1 Å². The maximum atomic E-state index is 13.6. The molecule has 31 heavy (non-hydrogen) atoms. The maximum Gasteiger partial charge on any atom is 0.326 e. The van der Waals surface area contributed by atoms with E-state index in [1.54, 1.807) is 7.11 Å². The number of nitrogens with zero attached hydrogens (tertiary/aromatic N) is 4. The molecule has 160 valence electrons. The second-order valence-corrected chi connectivity index (χ2v) is 8.37. The van der Waals surface area contributed by atoms with Crippen molar-refractivity contribution in [3.63, 3.8) is 0 Å². The third-order valence-corrected chi connectivity index (χ3v) is 6.02. The lowest BCUT2D eigenvalue weighted by Crippen LogP contribution is -2.59. The van der Waals surface area contributed by atoms with Gasteiger partial charge in [-0.3, -0.25) is 4.90 Å². The number of piperazine rings is 1. The summed E-state index contributed by atoms with van der Waals surface area (Å²) < 4.78 is 7.41. The number of carbonyl (C=O) groups excluding carboxylic acids is 1. The van der Waals surface area contributed by atoms with E-state index in [2.05, 4.69) is 29.8 Å². The van der Waals surface area contributed by atoms with Crippen molar-refractivity contribution in [1.29, 1.82) is 0 Å². The second kappa shape index (κ2) is 7.74. The molecule has 2 aliphatic heterocycles. The first-order valence-corrected chi connectivity index (χ1v) is 10.7. The highest BCUT2D eigenvalue weighted by Gasteiger charge is 2.33. The average Bonchev–Trinajstić information content (AvgIpc) is 3.21. The normalized spacial score (nSPS) is 20.2. The minimum Gasteiger partial charge on any atom is -0.497 e. The van der Waals surface area contributed by atoms with E-state index in [-0.39, 0.29) is 18.1 Å². The zero-order valence-electron chi connectivity index (χ0n) is 18.1. The maximum absolute atomic E-state index is 13.6. The van der Waals surface area contributed by atoms with Crippen LogP contribution in [0.25, 0.3) is 22.6 Å². The molecular weight excluding hydrogens is 390 g/mol. The summed E-state index contributed by atoms with van der Waals surface area (Å²) in [6.07, 6.45) is 1.90. The number of imidazole rings is 1. The smallest absolute Gasteiger partial charge is 0.326 e. The molecule has 1 N–H and O–H groups in total. The molecule has 0 aliphatic carbocycles. The van der Waals surface area contributed by atoms with Gasteiger partial charge in [0.05, 0.1) is 24.7 Å². The molecule has 1 saturated heterocycles. The van der Waals surface area contributed by atoms with Crippen LogP contribution in [0.3, 0.4) is 0 Å². The Labute approximate surface area is 182 Å². The summed E-state index contributed by atoms with van der Waals surface area (Å²) in [5.41, 5.74) is 3.96. The van der Waals surface area contributed by atoms with E-state index in [0.29, 0.717) is 19.8 Å². The fraction of sp³-hybridized carbons (Fsp3) is 0.333. The minimum atomic E-state index is 0.0349. The molecule has 2 unspecified atom stereocenters. The Bertz CT molecular complexity index is 1100. The van der Waals surface area contributed by atoms with Crippen LogP contribution in [-0.2, 0) is 6.67 Å². The molecule has 3 heterocycles. The molecule has 2 aliphatic rings. The SMILES string of the molecule is COc1ccc(-c2ncc3n2CN(C(=O)N2CC(C)NC(C)C2)c2ccccc2-3)cc1. The molecule has 7 heteroatoms. The molecule has 7 nitrogen and oxygen atoms in total. The molecule has 0 bridgehead atoms. The van der Waals surface area contributed by atoms with E-state index < -0.39 is 0 Å². The number of aromatic nitrogens is 2. The lowest BCUT2D eigenvalue weighted by molar-refractivity contribution is 0.169. The van der Waals surface area contributed by atoms with Gasteiger partial charge in [-0.15, -0.1) is 0 Å². The van der Waals surface area contributed by atoms with E-state index in [0.717, 1.165) is 34.1 Å². The lowest BCUT2D eigenvalue weighted by atomic mass is 10.1. The Morgan fingerprint density at radius 1 is 1.06 bits per heavy atom. The number of anilines is 1. The van der Waals surface area contributed by atoms with Crippen LogP contribution in [0.4, 0.5) is 10.5 Å². The van der Waals surface area contributed by atoms with Gasteiger partial charge in [0.25, 0.3) is 0 Å². The largest absolute Gasteiger partial charge is 0.497 e. The minimum absolute atomic E-state index is 0.0349. The summed E-state index contributed by atoms with van der Waals surface area (Å²) in [6, 6.07) is 16.5. The Hall–Kier alpha value is -3.32. The van der Waals surface area contributed by atoms with Gasteiger partial charge in [0, 0.05) is 36.3 Å². The van der Waals surface area contributed by atoms with Crippen LogP contribution >= 0.6 is 0 Å². The monoisotopic (exact) mass is 417 g/mol. The van der Waals surface area contributed by atoms with Crippen molar-refractivity contribution in [3.05, 3.63) is 54.7 Å². The van der Waals surface area contributed by atoms with E-state index >= 15 is 0 Å². The highest BCUT2D eigenvalue weighted by molar-refractivity contribution is 5.97. The van der Waals surface area contributed by atoms with Crippen LogP contribution in [0.1, 0.15) is 13.8 Å². The number of methoxy groups -OCH3 is 1. The van der Waals surface area contributed by atoms with Gasteiger partial charge in [0.2, 0.25) is 0 Å². The van der Waals surface area contributed by atoms with Crippen LogP contribution in [0.2, 0.25) is 0 Å². The number of rotatable bonds is 2. The summed E-state index contributed by atoms with van der Waals surface area (Å²) in [6.45, 7) is 6.07. The first-order chi connectivity index (χ1) is 15.0. The van der Waals surface area contributed by atoms with E-state index in [1.165, 1.54) is 0 Å². The molecule has 2 aromatic carbocycles. The zero-order chi connectivity index (χ0) is 21.5. The number of ether oxygens (including phenoxy) is 1. The van der Waals surface area contributed by atoms with Gasteiger partial charge < -0.3 is 19.5 Å². The van der Waals surface area contributed by atoms with Gasteiger partial charge in [0.15, 0.2) is 0 Å². The lowest BCUT2D eigenvalue weighted by Gasteiger charge is -2.40. The summed E-state index contributed by atoms with van der Waals surface area (Å²) in [7, 11) is 1.66. The summed E-state index contributed by atoms with van der Waals surface area (Å²) in [5, 5.41) is 3.50. The fourth-order valence-electron chi connectivity index (χ4n) is 4.66. The highest BCUT2D eigenvalue weighted by Crippen LogP contribution is 2.39. The Balaban J connectivity index is 1.54. The fourth-order valence-corrected chi connectivity index (χ4v) is 4.66. The van der Waals surface area contributed by atoms with E-state index in [9.17, 15) is 4.79 Å². The van der Waals surface area contributed by atoms with Crippen molar-refractivity contribution in [3.8, 4) is 28.4 Å². The Morgan fingerprint density at radius 2 is 1.77 bits per heavy atom. The number of amides is 2. The van der Waals surface area contributed by atoms with Crippen LogP contribution in [-0.4, -0.2) is 52.8 Å². The first-order valence-electron chi connectivity index (χ1n) is 10.7. The zero-order valence-corrected chi connectivity index (χ0v) is 18.1. The quantitative estimate of drug-likeness (QED) is 0.689. The number of fused-ring (bicyclic) bond motifs is 3. The molecule has 0 spiro atoms. The van der Waals surface area contributed by atoms with Crippen LogP contribution < -0.4 is 15.0 Å². The van der Waals surface area contributed by atoms with E-state index in [4.69, 9.17) is 9.72 Å². The second-order valence-electron chi connectivity index (χ2n) is 8.37. The topological polar surface area (TPSA) is 62.6 Å². The number of urea groups is 1. The van der Waals surface area contributed by atoms with Gasteiger partial charge in [0.1, 0.15) is 18.2 Å². The number of carbonyl (C=O) groups is 1. The van der Waals surface area contributed by atoms with Crippen LogP contribution in [0.5, 0.6) is 5.75 Å². The third-order valence-electron chi connectivity index (χ3n) is 6.02. The molecule has 2 atom stereocenters. The van der Waals surface area contributed by atoms with Gasteiger partial charge in [-0.05, 0) is 44.2 Å². The Morgan fingerprint density at radius 3 is 2.48 bits per heavy atom. The third kappa shape index (κ3) is 3.45. The predicted molar refractivity (Wildman–Crippen MR) is 121 cm³/mol. The molecule has 1 aromatic heterocycles. The number of nitrogens with one attached hydrogen (secondary N) is 1. The van der Waals surface area contributed by atoms with Crippen molar-refractivity contribution < 1.29 is 9.53 Å². The molecule has 1 fully saturated rings. The van der Waals surface area contributed by atoms with Crippen LogP contribution in [0.15, 0.2) is 54.7 Å².